The minimum absolute atomic E-state index is 0.0759. The summed E-state index contributed by atoms with van der Waals surface area (Å²) >= 11 is 6.56. The third-order valence-corrected chi connectivity index (χ3v) is 13.2. The molecule has 246 valence electrons. The molecular formula is C35H42ClN3O6S. The Morgan fingerprint density at radius 1 is 1.07 bits per heavy atom. The summed E-state index contributed by atoms with van der Waals surface area (Å²) in [4.78, 5) is 29.8. The number of ether oxygens (including phenoxy) is 2. The topological polar surface area (TPSA) is 105 Å². The second kappa shape index (κ2) is 12.1. The molecule has 2 fully saturated rings. The number of halogens is 1. The molecule has 46 heavy (non-hydrogen) atoms. The van der Waals surface area contributed by atoms with E-state index in [-0.39, 0.29) is 29.3 Å². The number of rotatable bonds is 1. The van der Waals surface area contributed by atoms with Gasteiger partial charge in [-0.2, -0.15) is 0 Å². The average Bonchev–Trinajstić information content (AvgIpc) is 3.40. The van der Waals surface area contributed by atoms with Gasteiger partial charge in [0, 0.05) is 50.0 Å². The molecular weight excluding hydrogens is 626 g/mol. The van der Waals surface area contributed by atoms with Crippen LogP contribution in [0, 0.1) is 17.8 Å². The Morgan fingerprint density at radius 2 is 1.85 bits per heavy atom. The number of nitrogens with zero attached hydrogens (tertiary/aromatic N) is 2. The fourth-order valence-electron chi connectivity index (χ4n) is 8.37. The molecule has 0 aromatic heterocycles. The van der Waals surface area contributed by atoms with Gasteiger partial charge in [-0.15, -0.1) is 0 Å². The van der Waals surface area contributed by atoms with Gasteiger partial charge >= 0.3 is 0 Å². The van der Waals surface area contributed by atoms with Crippen molar-refractivity contribution in [1.29, 1.82) is 0 Å². The molecule has 0 radical (unpaired) electrons. The van der Waals surface area contributed by atoms with Crippen LogP contribution >= 0.6 is 11.6 Å². The number of anilines is 1. The summed E-state index contributed by atoms with van der Waals surface area (Å²) in [6.07, 6.45) is 10.9. The van der Waals surface area contributed by atoms with E-state index in [9.17, 15) is 18.0 Å². The number of carbonyl (C=O) groups excluding carboxylic acids is 2. The summed E-state index contributed by atoms with van der Waals surface area (Å²) < 4.78 is 41.9. The van der Waals surface area contributed by atoms with Gasteiger partial charge in [-0.1, -0.05) is 23.8 Å². The molecule has 7 rings (SSSR count). The van der Waals surface area contributed by atoms with Gasteiger partial charge in [-0.25, -0.2) is 13.1 Å². The lowest BCUT2D eigenvalue weighted by Crippen LogP contribution is -2.48. The van der Waals surface area contributed by atoms with Crippen LogP contribution in [0.15, 0.2) is 42.5 Å². The number of methoxy groups -OCH3 is 1. The van der Waals surface area contributed by atoms with Crippen molar-refractivity contribution in [1.82, 2.24) is 9.62 Å². The molecule has 11 heteroatoms. The van der Waals surface area contributed by atoms with E-state index in [0.29, 0.717) is 54.5 Å². The predicted octanol–water partition coefficient (Wildman–Crippen LogP) is 5.10. The van der Waals surface area contributed by atoms with Gasteiger partial charge in [0.2, 0.25) is 15.9 Å². The molecule has 2 aromatic carbocycles. The smallest absolute Gasteiger partial charge is 0.264 e. The Balaban J connectivity index is 1.27. The molecule has 2 aliphatic carbocycles. The number of carbonyl (C=O) groups is 2. The Morgan fingerprint density at radius 3 is 2.59 bits per heavy atom. The highest BCUT2D eigenvalue weighted by molar-refractivity contribution is 7.90. The van der Waals surface area contributed by atoms with Crippen LogP contribution in [0.1, 0.15) is 66.9 Å². The lowest BCUT2D eigenvalue weighted by atomic mass is 9.69. The first-order valence-electron chi connectivity index (χ1n) is 16.4. The van der Waals surface area contributed by atoms with E-state index < -0.39 is 21.2 Å². The van der Waals surface area contributed by atoms with Crippen LogP contribution in [-0.4, -0.2) is 70.3 Å². The molecule has 9 nitrogen and oxygen atoms in total. The maximum absolute atomic E-state index is 13.7. The van der Waals surface area contributed by atoms with Gasteiger partial charge in [0.1, 0.15) is 16.7 Å². The second-order valence-electron chi connectivity index (χ2n) is 13.9. The number of hydrogen-bond donors (Lipinski definition) is 1. The minimum atomic E-state index is -4.06. The fourth-order valence-corrected chi connectivity index (χ4v) is 10.2. The average molecular weight is 668 g/mol. The van der Waals surface area contributed by atoms with Crippen molar-refractivity contribution >= 4 is 39.1 Å². The van der Waals surface area contributed by atoms with E-state index in [4.69, 9.17) is 21.1 Å². The van der Waals surface area contributed by atoms with E-state index in [2.05, 4.69) is 27.8 Å². The zero-order valence-corrected chi connectivity index (χ0v) is 28.0. The highest BCUT2D eigenvalue weighted by Crippen LogP contribution is 2.48. The molecule has 3 heterocycles. The molecule has 1 spiro atoms. The number of likely N-dealkylation sites (tertiary alicyclic amines) is 1. The van der Waals surface area contributed by atoms with E-state index >= 15 is 0 Å². The predicted molar refractivity (Wildman–Crippen MR) is 177 cm³/mol. The maximum Gasteiger partial charge on any atom is 0.264 e. The van der Waals surface area contributed by atoms with Crippen molar-refractivity contribution in [3.05, 3.63) is 64.2 Å². The number of sulfonamides is 1. The molecule has 1 saturated heterocycles. The normalized spacial score (nSPS) is 30.9. The Labute approximate surface area is 276 Å². The maximum atomic E-state index is 13.7. The van der Waals surface area contributed by atoms with E-state index in [1.807, 2.05) is 6.07 Å². The Bertz CT molecular complexity index is 1700. The molecule has 3 aliphatic heterocycles. The summed E-state index contributed by atoms with van der Waals surface area (Å²) in [5, 5.41) is -0.262. The molecule has 2 bridgehead atoms. The molecule has 5 aliphatic rings. The third-order valence-electron chi connectivity index (χ3n) is 11.1. The number of amides is 2. The van der Waals surface area contributed by atoms with Crippen LogP contribution in [0.5, 0.6) is 11.5 Å². The largest absolute Gasteiger partial charge is 0.495 e. The first-order valence-corrected chi connectivity index (χ1v) is 18.3. The van der Waals surface area contributed by atoms with Crippen LogP contribution in [-0.2, 0) is 26.7 Å². The van der Waals surface area contributed by atoms with Crippen LogP contribution in [0.3, 0.4) is 0 Å². The number of allylic oxidation sites excluding steroid dienone is 2. The number of fused-ring (bicyclic) bond motifs is 5. The van der Waals surface area contributed by atoms with E-state index in [0.717, 1.165) is 50.8 Å². The van der Waals surface area contributed by atoms with Crippen molar-refractivity contribution in [2.45, 2.75) is 62.5 Å². The molecule has 0 unspecified atom stereocenters. The number of hydrogen-bond acceptors (Lipinski definition) is 7. The lowest BCUT2D eigenvalue weighted by Gasteiger charge is -2.44. The van der Waals surface area contributed by atoms with E-state index in [1.54, 1.807) is 30.2 Å². The van der Waals surface area contributed by atoms with Gasteiger partial charge in [0.05, 0.1) is 24.4 Å². The second-order valence-corrected chi connectivity index (χ2v) is 16.2. The zero-order valence-electron chi connectivity index (χ0n) is 26.5. The van der Waals surface area contributed by atoms with Crippen molar-refractivity contribution in [3.8, 4) is 11.5 Å². The van der Waals surface area contributed by atoms with Gasteiger partial charge in [0.15, 0.2) is 0 Å². The van der Waals surface area contributed by atoms with Crippen molar-refractivity contribution in [2.75, 3.05) is 44.8 Å². The standard InChI is InChI=1S/C35H42ClN3O6S/c1-22(40)38-18-27-7-4-3-6-23-9-10-26(23)17-39-20-35(13-5-8-24-14-29(36)32(44-2)16-28(24)35)21-45-31-12-11-25(15-30(31)39)34(41)37-46(42,43)33(27)19-38/h3-4,11-12,14-16,23,26-27,33H,5-10,13,17-21H2,1-2H3,(H,37,41)/b4-3+/t23-,26-,27-,33-,35-/m0/s1. The first-order chi connectivity index (χ1) is 22.1. The van der Waals surface area contributed by atoms with Crippen molar-refractivity contribution in [2.24, 2.45) is 17.8 Å². The van der Waals surface area contributed by atoms with Crippen LogP contribution in [0.4, 0.5) is 5.69 Å². The third kappa shape index (κ3) is 5.65. The number of benzene rings is 2. The number of aryl methyl sites for hydroxylation is 1. The fraction of sp³-hybridized carbons (Fsp3) is 0.543. The van der Waals surface area contributed by atoms with Gasteiger partial charge < -0.3 is 19.3 Å². The molecule has 1 saturated carbocycles. The summed E-state index contributed by atoms with van der Waals surface area (Å²) in [5.74, 6) is 1.23. The van der Waals surface area contributed by atoms with Crippen molar-refractivity contribution < 1.29 is 27.5 Å². The SMILES string of the molecule is COc1cc2c(cc1Cl)CCC[C@]21COc2ccc3cc2N(C[C@@H]2CC[C@@H]2C/C=C/C[C@H]2CN(C(C)=O)C[C@@H]2S(=O)(=O)NC3=O)C1. The molecule has 1 N–H and O–H groups in total. The zero-order chi connectivity index (χ0) is 32.2. The Kier molecular flexibility index (Phi) is 8.24. The summed E-state index contributed by atoms with van der Waals surface area (Å²) in [7, 11) is -2.43. The highest BCUT2D eigenvalue weighted by Gasteiger charge is 2.45. The Hall–Kier alpha value is -3.24. The summed E-state index contributed by atoms with van der Waals surface area (Å²) in [5.41, 5.74) is 3.18. The minimum Gasteiger partial charge on any atom is -0.495 e. The van der Waals surface area contributed by atoms with E-state index in [1.165, 1.54) is 18.1 Å². The molecule has 2 amide bonds. The van der Waals surface area contributed by atoms with Crippen LogP contribution in [0.25, 0.3) is 0 Å². The van der Waals surface area contributed by atoms with Crippen molar-refractivity contribution in [3.63, 3.8) is 0 Å². The van der Waals surface area contributed by atoms with Gasteiger partial charge in [0.25, 0.3) is 5.91 Å². The monoisotopic (exact) mass is 667 g/mol. The number of nitrogens with one attached hydrogen (secondary N) is 1. The van der Waals surface area contributed by atoms with Gasteiger partial charge in [-0.3, -0.25) is 9.59 Å². The summed E-state index contributed by atoms with van der Waals surface area (Å²) in [6.45, 7) is 3.88. The first kappa shape index (κ1) is 31.4. The van der Waals surface area contributed by atoms with Crippen LogP contribution in [0.2, 0.25) is 5.02 Å². The highest BCUT2D eigenvalue weighted by atomic mass is 35.5. The quantitative estimate of drug-likeness (QED) is 0.422. The molecule has 5 atom stereocenters. The molecule has 2 aromatic rings. The van der Waals surface area contributed by atoms with Gasteiger partial charge in [-0.05, 0) is 98.2 Å². The lowest BCUT2D eigenvalue weighted by molar-refractivity contribution is -0.127. The summed E-state index contributed by atoms with van der Waals surface area (Å²) in [6, 6.07) is 9.35. The van der Waals surface area contributed by atoms with Crippen LogP contribution < -0.4 is 19.1 Å².